The minimum atomic E-state index is -0.966. The minimum absolute atomic E-state index is 0.180. The van der Waals surface area contributed by atoms with Gasteiger partial charge in [0.1, 0.15) is 11.6 Å². The Bertz CT molecular complexity index is 506. The maximum Gasteiger partial charge on any atom is 0.321 e. The third-order valence-electron chi connectivity index (χ3n) is 2.60. The van der Waals surface area contributed by atoms with Crippen LogP contribution >= 0.6 is 0 Å². The topological polar surface area (TPSA) is 93.5 Å². The van der Waals surface area contributed by atoms with E-state index in [0.29, 0.717) is 5.56 Å². The summed E-state index contributed by atoms with van der Waals surface area (Å²) in [4.78, 5) is 22.7. The summed E-state index contributed by atoms with van der Waals surface area (Å²) in [5.74, 6) is -0.952. The van der Waals surface area contributed by atoms with Gasteiger partial charge in [0.25, 0.3) is 5.91 Å². The lowest BCUT2D eigenvalue weighted by Gasteiger charge is -2.18. The van der Waals surface area contributed by atoms with Crippen molar-refractivity contribution in [1.82, 2.24) is 10.6 Å². The molecule has 0 aromatic heterocycles. The fourth-order valence-corrected chi connectivity index (χ4v) is 1.51. The summed E-state index contributed by atoms with van der Waals surface area (Å²) in [6, 6.07) is 2.90. The number of rotatable bonds is 4. The van der Waals surface area contributed by atoms with Gasteiger partial charge in [0.2, 0.25) is 0 Å². The van der Waals surface area contributed by atoms with Crippen molar-refractivity contribution in [3.8, 4) is 5.75 Å². The highest BCUT2D eigenvalue weighted by atomic mass is 19.1. The van der Waals surface area contributed by atoms with Gasteiger partial charge in [-0.05, 0) is 19.9 Å². The first-order chi connectivity index (χ1) is 9.35. The van der Waals surface area contributed by atoms with Gasteiger partial charge in [-0.2, -0.15) is 0 Å². The van der Waals surface area contributed by atoms with E-state index in [-0.39, 0.29) is 11.8 Å². The molecule has 0 bridgehead atoms. The summed E-state index contributed by atoms with van der Waals surface area (Å²) in [5, 5.41) is 4.32. The van der Waals surface area contributed by atoms with Crippen LogP contribution in [0, 0.1) is 5.82 Å². The van der Waals surface area contributed by atoms with Gasteiger partial charge < -0.3 is 15.8 Å². The number of hydrogen-bond acceptors (Lipinski definition) is 4. The zero-order chi connectivity index (χ0) is 15.3. The van der Waals surface area contributed by atoms with Crippen LogP contribution < -0.4 is 21.1 Å². The lowest BCUT2D eigenvalue weighted by atomic mass is 10.1. The normalized spacial score (nSPS) is 13.2. The summed E-state index contributed by atoms with van der Waals surface area (Å²) in [6.07, 6.45) is -0.966. The molecule has 110 valence electrons. The van der Waals surface area contributed by atoms with E-state index in [1.165, 1.54) is 26.1 Å². The number of amides is 3. The van der Waals surface area contributed by atoms with E-state index < -0.39 is 23.9 Å². The Labute approximate surface area is 116 Å². The summed E-state index contributed by atoms with van der Waals surface area (Å²) < 4.78 is 18.6. The maximum absolute atomic E-state index is 13.2. The molecule has 0 aliphatic heterocycles. The Morgan fingerprint density at radius 3 is 2.55 bits per heavy atom. The SMILES string of the molecule is CNC(=O)NC(=O)C(C)Oc1cc(F)ccc1[C@@H](C)N. The van der Waals surface area contributed by atoms with Gasteiger partial charge in [-0.15, -0.1) is 0 Å². The number of carbonyl (C=O) groups excluding carboxylic acids is 2. The number of carbonyl (C=O) groups is 2. The average molecular weight is 283 g/mol. The number of hydrogen-bond donors (Lipinski definition) is 3. The lowest BCUT2D eigenvalue weighted by molar-refractivity contribution is -0.126. The summed E-state index contributed by atoms with van der Waals surface area (Å²) >= 11 is 0. The summed E-state index contributed by atoms with van der Waals surface area (Å²) in [7, 11) is 1.38. The van der Waals surface area contributed by atoms with Crippen molar-refractivity contribution >= 4 is 11.9 Å². The van der Waals surface area contributed by atoms with E-state index >= 15 is 0 Å². The van der Waals surface area contributed by atoms with Gasteiger partial charge in [-0.3, -0.25) is 10.1 Å². The van der Waals surface area contributed by atoms with Crippen molar-refractivity contribution in [3.05, 3.63) is 29.6 Å². The van der Waals surface area contributed by atoms with Gasteiger partial charge in [0.15, 0.2) is 6.10 Å². The second-order valence-electron chi connectivity index (χ2n) is 4.30. The van der Waals surface area contributed by atoms with E-state index in [0.717, 1.165) is 6.07 Å². The molecule has 4 N–H and O–H groups in total. The molecule has 0 aliphatic rings. The molecule has 1 unspecified atom stereocenters. The first-order valence-corrected chi connectivity index (χ1v) is 6.09. The van der Waals surface area contributed by atoms with Crippen molar-refractivity contribution in [2.24, 2.45) is 5.73 Å². The molecular formula is C13H18FN3O3. The van der Waals surface area contributed by atoms with Crippen molar-refractivity contribution in [1.29, 1.82) is 0 Å². The fraction of sp³-hybridized carbons (Fsp3) is 0.385. The highest BCUT2D eigenvalue weighted by Crippen LogP contribution is 2.25. The number of nitrogens with two attached hydrogens (primary N) is 1. The molecule has 1 aromatic rings. The zero-order valence-corrected chi connectivity index (χ0v) is 11.6. The summed E-state index contributed by atoms with van der Waals surface area (Å²) in [5.41, 5.74) is 6.33. The van der Waals surface area contributed by atoms with Gasteiger partial charge >= 0.3 is 6.03 Å². The number of imide groups is 1. The van der Waals surface area contributed by atoms with Crippen LogP contribution in [0.1, 0.15) is 25.5 Å². The number of ether oxygens (including phenoxy) is 1. The predicted molar refractivity (Wildman–Crippen MR) is 71.7 cm³/mol. The molecule has 1 aromatic carbocycles. The molecule has 0 fully saturated rings. The lowest BCUT2D eigenvalue weighted by Crippen LogP contribution is -2.44. The standard InChI is InChI=1S/C13H18FN3O3/c1-7(15)10-5-4-9(14)6-11(10)20-8(2)12(18)17-13(19)16-3/h4-8H,15H2,1-3H3,(H2,16,17,18,19)/t7-,8?/m1/s1. The smallest absolute Gasteiger partial charge is 0.321 e. The van der Waals surface area contributed by atoms with Crippen LogP contribution in [0.4, 0.5) is 9.18 Å². The second-order valence-corrected chi connectivity index (χ2v) is 4.30. The van der Waals surface area contributed by atoms with Crippen LogP contribution in [0.2, 0.25) is 0 Å². The van der Waals surface area contributed by atoms with E-state index in [1.54, 1.807) is 6.92 Å². The quantitative estimate of drug-likeness (QED) is 0.770. The molecule has 0 aliphatic carbocycles. The molecule has 3 amide bonds. The molecular weight excluding hydrogens is 265 g/mol. The van der Waals surface area contributed by atoms with E-state index in [9.17, 15) is 14.0 Å². The molecule has 0 radical (unpaired) electrons. The predicted octanol–water partition coefficient (Wildman–Crippen LogP) is 1.07. The van der Waals surface area contributed by atoms with E-state index in [2.05, 4.69) is 10.6 Å². The largest absolute Gasteiger partial charge is 0.480 e. The number of halogens is 1. The molecule has 0 saturated heterocycles. The number of benzene rings is 1. The zero-order valence-electron chi connectivity index (χ0n) is 11.6. The Morgan fingerprint density at radius 2 is 2.00 bits per heavy atom. The van der Waals surface area contributed by atoms with Crippen LogP contribution in [0.3, 0.4) is 0 Å². The molecule has 0 saturated carbocycles. The molecule has 6 nitrogen and oxygen atoms in total. The Balaban J connectivity index is 2.84. The minimum Gasteiger partial charge on any atom is -0.480 e. The molecule has 20 heavy (non-hydrogen) atoms. The number of nitrogens with one attached hydrogen (secondary N) is 2. The first kappa shape index (κ1) is 15.9. The maximum atomic E-state index is 13.2. The van der Waals surface area contributed by atoms with E-state index in [4.69, 9.17) is 10.5 Å². The monoisotopic (exact) mass is 283 g/mol. The van der Waals surface area contributed by atoms with Crippen LogP contribution in [-0.2, 0) is 4.79 Å². The van der Waals surface area contributed by atoms with Crippen molar-refractivity contribution in [3.63, 3.8) is 0 Å². The van der Waals surface area contributed by atoms with Gasteiger partial charge in [0, 0.05) is 24.7 Å². The molecule has 2 atom stereocenters. The third kappa shape index (κ3) is 4.20. The first-order valence-electron chi connectivity index (χ1n) is 6.09. The fourth-order valence-electron chi connectivity index (χ4n) is 1.51. The molecule has 7 heteroatoms. The number of urea groups is 1. The molecule has 0 spiro atoms. The van der Waals surface area contributed by atoms with Crippen molar-refractivity contribution in [2.45, 2.75) is 26.0 Å². The third-order valence-corrected chi connectivity index (χ3v) is 2.60. The van der Waals surface area contributed by atoms with Gasteiger partial charge in [-0.1, -0.05) is 6.07 Å². The Kier molecular flexibility index (Phi) is 5.45. The van der Waals surface area contributed by atoms with Crippen LogP contribution in [-0.4, -0.2) is 25.1 Å². The summed E-state index contributed by atoms with van der Waals surface area (Å²) in [6.45, 7) is 3.17. The van der Waals surface area contributed by atoms with Crippen molar-refractivity contribution < 1.29 is 18.7 Å². The molecule has 1 rings (SSSR count). The van der Waals surface area contributed by atoms with E-state index in [1.807, 2.05) is 0 Å². The highest BCUT2D eigenvalue weighted by molar-refractivity contribution is 5.96. The van der Waals surface area contributed by atoms with Crippen LogP contribution in [0.5, 0.6) is 5.75 Å². The van der Waals surface area contributed by atoms with Crippen molar-refractivity contribution in [2.75, 3.05) is 7.05 Å². The van der Waals surface area contributed by atoms with Gasteiger partial charge in [0.05, 0.1) is 0 Å². The Morgan fingerprint density at radius 1 is 1.35 bits per heavy atom. The molecule has 0 heterocycles. The Hall–Kier alpha value is -2.15. The highest BCUT2D eigenvalue weighted by Gasteiger charge is 2.19. The second kappa shape index (κ2) is 6.85. The van der Waals surface area contributed by atoms with Crippen LogP contribution in [0.15, 0.2) is 18.2 Å². The van der Waals surface area contributed by atoms with Crippen LogP contribution in [0.25, 0.3) is 0 Å². The average Bonchev–Trinajstić information content (AvgIpc) is 2.38. The van der Waals surface area contributed by atoms with Gasteiger partial charge in [-0.25, -0.2) is 9.18 Å².